The summed E-state index contributed by atoms with van der Waals surface area (Å²) in [6, 6.07) is 22.7. The van der Waals surface area contributed by atoms with Gasteiger partial charge in [0.1, 0.15) is 12.9 Å². The van der Waals surface area contributed by atoms with E-state index in [9.17, 15) is 9.59 Å². The van der Waals surface area contributed by atoms with Crippen LogP contribution in [0.5, 0.6) is 5.88 Å². The van der Waals surface area contributed by atoms with Crippen LogP contribution in [0.15, 0.2) is 79.1 Å². The number of benzene rings is 3. The maximum atomic E-state index is 12.7. The zero-order valence-corrected chi connectivity index (χ0v) is 22.5. The second kappa shape index (κ2) is 13.3. The van der Waals surface area contributed by atoms with E-state index >= 15 is 0 Å². The second-order valence-electron chi connectivity index (χ2n) is 9.06. The first-order valence-electron chi connectivity index (χ1n) is 12.9. The van der Waals surface area contributed by atoms with Crippen molar-refractivity contribution >= 4 is 11.9 Å². The molecule has 0 fully saturated rings. The van der Waals surface area contributed by atoms with Gasteiger partial charge in [-0.2, -0.15) is 0 Å². The van der Waals surface area contributed by atoms with Crippen LogP contribution in [0.2, 0.25) is 0 Å². The molecular formula is C32H32N2O5. The molecule has 0 unspecified atom stereocenters. The molecule has 1 heterocycles. The Bertz CT molecular complexity index is 1440. The number of esters is 2. The van der Waals surface area contributed by atoms with Gasteiger partial charge in [-0.3, -0.25) is 0 Å². The topological polar surface area (TPSA) is 87.6 Å². The van der Waals surface area contributed by atoms with Gasteiger partial charge in [0.05, 0.1) is 31.0 Å². The first-order chi connectivity index (χ1) is 19.0. The van der Waals surface area contributed by atoms with Gasteiger partial charge < -0.3 is 14.2 Å². The van der Waals surface area contributed by atoms with Crippen LogP contribution in [-0.4, -0.2) is 36.1 Å². The molecule has 3 aromatic carbocycles. The molecule has 39 heavy (non-hydrogen) atoms. The van der Waals surface area contributed by atoms with Crippen LogP contribution in [-0.2, 0) is 28.9 Å². The number of ether oxygens (including phenoxy) is 3. The lowest BCUT2D eigenvalue weighted by atomic mass is 9.94. The largest absolute Gasteiger partial charge is 0.472 e. The number of nitrogens with zero attached hydrogens (tertiary/aromatic N) is 2. The SMILES string of the molecule is CCCCc1ncnc(OCc2ccccc2C(=O)OC)c1Cc1ccc(-c2ccccc2)c(C(=O)OC)c1. The molecule has 4 rings (SSSR count). The number of carbonyl (C=O) groups excluding carboxylic acids is 2. The predicted octanol–water partition coefficient (Wildman–Crippen LogP) is 6.23. The van der Waals surface area contributed by atoms with Gasteiger partial charge >= 0.3 is 11.9 Å². The van der Waals surface area contributed by atoms with Crippen molar-refractivity contribution in [2.75, 3.05) is 14.2 Å². The fourth-order valence-corrected chi connectivity index (χ4v) is 4.45. The fraction of sp³-hybridized carbons (Fsp3) is 0.250. The van der Waals surface area contributed by atoms with Crippen LogP contribution in [0.3, 0.4) is 0 Å². The van der Waals surface area contributed by atoms with Crippen molar-refractivity contribution < 1.29 is 23.8 Å². The number of carbonyl (C=O) groups is 2. The summed E-state index contributed by atoms with van der Waals surface area (Å²) >= 11 is 0. The zero-order valence-electron chi connectivity index (χ0n) is 22.5. The first kappa shape index (κ1) is 27.5. The molecule has 0 saturated carbocycles. The van der Waals surface area contributed by atoms with Gasteiger partial charge in [-0.15, -0.1) is 0 Å². The molecule has 0 aliphatic carbocycles. The molecule has 0 aliphatic heterocycles. The zero-order chi connectivity index (χ0) is 27.6. The lowest BCUT2D eigenvalue weighted by molar-refractivity contribution is 0.0590. The summed E-state index contributed by atoms with van der Waals surface area (Å²) in [6.45, 7) is 2.27. The number of rotatable bonds is 11. The van der Waals surface area contributed by atoms with Crippen LogP contribution >= 0.6 is 0 Å². The molecular weight excluding hydrogens is 492 g/mol. The average molecular weight is 525 g/mol. The van der Waals surface area contributed by atoms with Gasteiger partial charge in [-0.25, -0.2) is 19.6 Å². The Labute approximate surface area is 228 Å². The Morgan fingerprint density at radius 2 is 1.54 bits per heavy atom. The van der Waals surface area contributed by atoms with Crippen LogP contribution in [0.1, 0.15) is 62.9 Å². The van der Waals surface area contributed by atoms with Gasteiger partial charge in [0, 0.05) is 17.5 Å². The Kier molecular flexibility index (Phi) is 9.40. The predicted molar refractivity (Wildman–Crippen MR) is 149 cm³/mol. The van der Waals surface area contributed by atoms with Gasteiger partial charge in [-0.1, -0.05) is 74.0 Å². The van der Waals surface area contributed by atoms with E-state index in [0.29, 0.717) is 29.0 Å². The number of aryl methyl sites for hydroxylation is 1. The Hall–Kier alpha value is -4.52. The number of methoxy groups -OCH3 is 2. The Morgan fingerprint density at radius 3 is 2.28 bits per heavy atom. The molecule has 0 bridgehead atoms. The summed E-state index contributed by atoms with van der Waals surface area (Å²) in [6.07, 6.45) is 4.73. The van der Waals surface area contributed by atoms with Crippen molar-refractivity contribution in [3.8, 4) is 17.0 Å². The normalized spacial score (nSPS) is 10.6. The van der Waals surface area contributed by atoms with E-state index in [-0.39, 0.29) is 6.61 Å². The molecule has 0 N–H and O–H groups in total. The van der Waals surface area contributed by atoms with Crippen LogP contribution in [0.25, 0.3) is 11.1 Å². The van der Waals surface area contributed by atoms with Crippen molar-refractivity contribution in [1.82, 2.24) is 9.97 Å². The fourth-order valence-electron chi connectivity index (χ4n) is 4.45. The van der Waals surface area contributed by atoms with E-state index in [1.165, 1.54) is 20.5 Å². The van der Waals surface area contributed by atoms with E-state index < -0.39 is 11.9 Å². The molecule has 0 saturated heterocycles. The molecule has 4 aromatic rings. The van der Waals surface area contributed by atoms with E-state index in [1.54, 1.807) is 12.1 Å². The quantitative estimate of drug-likeness (QED) is 0.215. The second-order valence-corrected chi connectivity index (χ2v) is 9.06. The van der Waals surface area contributed by atoms with E-state index in [1.807, 2.05) is 60.7 Å². The van der Waals surface area contributed by atoms with Gasteiger partial charge in [0.25, 0.3) is 0 Å². The standard InChI is InChI=1S/C32H32N2O5/c1-4-5-15-29-28(30(34-21-33-29)39-20-24-13-9-10-14-26(24)31(35)37-2)19-22-16-17-25(23-11-7-6-8-12-23)27(18-22)32(36)38-3/h6-14,16-18,21H,4-5,15,19-20H2,1-3H3. The summed E-state index contributed by atoms with van der Waals surface area (Å²) in [7, 11) is 2.74. The first-order valence-corrected chi connectivity index (χ1v) is 12.9. The highest BCUT2D eigenvalue weighted by Gasteiger charge is 2.19. The number of hydrogen-bond donors (Lipinski definition) is 0. The molecule has 7 heteroatoms. The molecule has 0 radical (unpaired) electrons. The summed E-state index contributed by atoms with van der Waals surface area (Å²) in [5, 5.41) is 0. The maximum absolute atomic E-state index is 12.7. The van der Waals surface area contributed by atoms with Crippen molar-refractivity contribution in [2.45, 2.75) is 39.2 Å². The summed E-state index contributed by atoms with van der Waals surface area (Å²) in [5.74, 6) is -0.376. The summed E-state index contributed by atoms with van der Waals surface area (Å²) < 4.78 is 16.2. The van der Waals surface area contributed by atoms with Crippen molar-refractivity contribution in [3.63, 3.8) is 0 Å². The van der Waals surface area contributed by atoms with Crippen LogP contribution < -0.4 is 4.74 Å². The van der Waals surface area contributed by atoms with E-state index in [2.05, 4.69) is 16.9 Å². The highest BCUT2D eigenvalue weighted by Crippen LogP contribution is 2.29. The minimum atomic E-state index is -0.422. The van der Waals surface area contributed by atoms with E-state index in [0.717, 1.165) is 47.2 Å². The van der Waals surface area contributed by atoms with Crippen LogP contribution in [0, 0.1) is 0 Å². The molecule has 200 valence electrons. The highest BCUT2D eigenvalue weighted by atomic mass is 16.5. The number of unbranched alkanes of at least 4 members (excludes halogenated alkanes) is 1. The molecule has 7 nitrogen and oxygen atoms in total. The summed E-state index contributed by atoms with van der Waals surface area (Å²) in [5.41, 5.74) is 6.02. The minimum absolute atomic E-state index is 0.142. The van der Waals surface area contributed by atoms with Gasteiger partial charge in [-0.05, 0) is 41.7 Å². The minimum Gasteiger partial charge on any atom is -0.472 e. The Balaban J connectivity index is 1.69. The van der Waals surface area contributed by atoms with Crippen molar-refractivity contribution in [3.05, 3.63) is 113 Å². The third-order valence-electron chi connectivity index (χ3n) is 6.50. The lowest BCUT2D eigenvalue weighted by Gasteiger charge is -2.16. The summed E-state index contributed by atoms with van der Waals surface area (Å²) in [4.78, 5) is 34.0. The Morgan fingerprint density at radius 1 is 0.821 bits per heavy atom. The third kappa shape index (κ3) is 6.68. The van der Waals surface area contributed by atoms with Crippen LogP contribution in [0.4, 0.5) is 0 Å². The van der Waals surface area contributed by atoms with Crippen molar-refractivity contribution in [1.29, 1.82) is 0 Å². The van der Waals surface area contributed by atoms with Gasteiger partial charge in [0.2, 0.25) is 5.88 Å². The molecule has 0 atom stereocenters. The molecule has 1 aromatic heterocycles. The third-order valence-corrected chi connectivity index (χ3v) is 6.50. The monoisotopic (exact) mass is 524 g/mol. The number of aromatic nitrogens is 2. The maximum Gasteiger partial charge on any atom is 0.338 e. The molecule has 0 aliphatic rings. The van der Waals surface area contributed by atoms with Crippen molar-refractivity contribution in [2.24, 2.45) is 0 Å². The molecule has 0 spiro atoms. The lowest BCUT2D eigenvalue weighted by Crippen LogP contribution is -2.11. The number of hydrogen-bond acceptors (Lipinski definition) is 7. The molecule has 0 amide bonds. The van der Waals surface area contributed by atoms with Gasteiger partial charge in [0.15, 0.2) is 0 Å². The highest BCUT2D eigenvalue weighted by molar-refractivity contribution is 5.97. The smallest absolute Gasteiger partial charge is 0.338 e. The average Bonchev–Trinajstić information content (AvgIpc) is 2.99. The van der Waals surface area contributed by atoms with E-state index in [4.69, 9.17) is 14.2 Å².